The molecule has 100 valence electrons. The summed E-state index contributed by atoms with van der Waals surface area (Å²) < 4.78 is 0. The average Bonchev–Trinajstić information content (AvgIpc) is 2.74. The minimum absolute atomic E-state index is 0.0467. The highest BCUT2D eigenvalue weighted by molar-refractivity contribution is 7.08. The summed E-state index contributed by atoms with van der Waals surface area (Å²) in [6, 6.07) is 0. The summed E-state index contributed by atoms with van der Waals surface area (Å²) in [5.74, 6) is -1.07. The summed E-state index contributed by atoms with van der Waals surface area (Å²) >= 11 is 1.47. The second-order valence-electron chi connectivity index (χ2n) is 4.48. The Labute approximate surface area is 111 Å². The molecule has 5 heteroatoms. The summed E-state index contributed by atoms with van der Waals surface area (Å²) in [7, 11) is 0. The van der Waals surface area contributed by atoms with Crippen molar-refractivity contribution < 1.29 is 14.7 Å². The first-order valence-corrected chi connectivity index (χ1v) is 6.95. The molecule has 0 fully saturated rings. The fourth-order valence-corrected chi connectivity index (χ4v) is 2.74. The molecule has 0 saturated heterocycles. The summed E-state index contributed by atoms with van der Waals surface area (Å²) in [6.07, 6.45) is 1.16. The second kappa shape index (κ2) is 6.00. The molecular formula is C13H19NO3S. The van der Waals surface area contributed by atoms with Crippen molar-refractivity contribution in [3.63, 3.8) is 0 Å². The summed E-state index contributed by atoms with van der Waals surface area (Å²) in [6.45, 7) is 5.67. The maximum atomic E-state index is 12.1. The Kier molecular flexibility index (Phi) is 4.90. The minimum Gasteiger partial charge on any atom is -0.481 e. The molecule has 0 saturated carbocycles. The molecule has 0 radical (unpaired) electrons. The summed E-state index contributed by atoms with van der Waals surface area (Å²) in [5, 5.41) is 15.6. The third-order valence-electron chi connectivity index (χ3n) is 3.32. The zero-order valence-corrected chi connectivity index (χ0v) is 11.8. The van der Waals surface area contributed by atoms with Crippen molar-refractivity contribution in [3.05, 3.63) is 21.9 Å². The number of aliphatic carboxylic acids is 1. The number of thiophene rings is 1. The lowest BCUT2D eigenvalue weighted by Gasteiger charge is -2.31. The number of rotatable bonds is 6. The van der Waals surface area contributed by atoms with Crippen molar-refractivity contribution in [2.24, 2.45) is 0 Å². The maximum absolute atomic E-state index is 12.1. The molecule has 1 heterocycles. The van der Waals surface area contributed by atoms with Crippen LogP contribution in [0.5, 0.6) is 0 Å². The van der Waals surface area contributed by atoms with Crippen LogP contribution < -0.4 is 5.32 Å². The number of nitrogens with one attached hydrogen (secondary N) is 1. The van der Waals surface area contributed by atoms with Gasteiger partial charge in [-0.2, -0.15) is 11.3 Å². The monoisotopic (exact) mass is 269 g/mol. The Hall–Kier alpha value is -1.36. The number of hydrogen-bond acceptors (Lipinski definition) is 3. The first-order chi connectivity index (χ1) is 8.44. The van der Waals surface area contributed by atoms with Crippen molar-refractivity contribution in [1.82, 2.24) is 5.32 Å². The second-order valence-corrected chi connectivity index (χ2v) is 5.22. The van der Waals surface area contributed by atoms with Crippen LogP contribution in [0.1, 0.15) is 49.0 Å². The third-order valence-corrected chi connectivity index (χ3v) is 4.18. The fourth-order valence-electron chi connectivity index (χ4n) is 1.91. The van der Waals surface area contributed by atoms with E-state index in [0.717, 1.165) is 5.56 Å². The topological polar surface area (TPSA) is 66.4 Å². The number of hydrogen-bond donors (Lipinski definition) is 2. The van der Waals surface area contributed by atoms with E-state index in [2.05, 4.69) is 5.32 Å². The Morgan fingerprint density at radius 2 is 1.94 bits per heavy atom. The number of amides is 1. The van der Waals surface area contributed by atoms with E-state index in [1.165, 1.54) is 11.3 Å². The van der Waals surface area contributed by atoms with E-state index in [-0.39, 0.29) is 12.3 Å². The smallest absolute Gasteiger partial charge is 0.305 e. The molecule has 4 nitrogen and oxygen atoms in total. The quantitative estimate of drug-likeness (QED) is 0.834. The van der Waals surface area contributed by atoms with Crippen molar-refractivity contribution in [2.75, 3.05) is 0 Å². The maximum Gasteiger partial charge on any atom is 0.305 e. The predicted octanol–water partition coefficient (Wildman–Crippen LogP) is 2.82. The number of carbonyl (C=O) groups is 2. The van der Waals surface area contributed by atoms with Gasteiger partial charge in [-0.05, 0) is 30.7 Å². The molecule has 1 aromatic heterocycles. The van der Waals surface area contributed by atoms with Crippen LogP contribution in [-0.4, -0.2) is 22.5 Å². The van der Waals surface area contributed by atoms with Gasteiger partial charge in [0.2, 0.25) is 0 Å². The Balaban J connectivity index is 2.87. The molecule has 0 spiro atoms. The van der Waals surface area contributed by atoms with Gasteiger partial charge in [0.15, 0.2) is 0 Å². The van der Waals surface area contributed by atoms with Crippen LogP contribution in [0, 0.1) is 6.92 Å². The highest BCUT2D eigenvalue weighted by Crippen LogP contribution is 2.22. The van der Waals surface area contributed by atoms with Crippen LogP contribution in [0.2, 0.25) is 0 Å². The molecule has 1 aromatic rings. The lowest BCUT2D eigenvalue weighted by Crippen LogP contribution is -2.49. The number of carbonyl (C=O) groups excluding carboxylic acids is 1. The molecule has 1 rings (SSSR count). The van der Waals surface area contributed by atoms with Gasteiger partial charge in [-0.25, -0.2) is 0 Å². The fraction of sp³-hybridized carbons (Fsp3) is 0.538. The van der Waals surface area contributed by atoms with Gasteiger partial charge in [-0.1, -0.05) is 13.8 Å². The van der Waals surface area contributed by atoms with E-state index in [1.807, 2.05) is 26.2 Å². The lowest BCUT2D eigenvalue weighted by atomic mass is 9.88. The largest absolute Gasteiger partial charge is 0.481 e. The van der Waals surface area contributed by atoms with Gasteiger partial charge in [0, 0.05) is 5.38 Å². The van der Waals surface area contributed by atoms with Crippen LogP contribution in [0.25, 0.3) is 0 Å². The van der Waals surface area contributed by atoms with Crippen molar-refractivity contribution in [1.29, 1.82) is 0 Å². The van der Waals surface area contributed by atoms with E-state index in [9.17, 15) is 9.59 Å². The van der Waals surface area contributed by atoms with E-state index in [4.69, 9.17) is 5.11 Å². The number of carboxylic acids is 1. The zero-order valence-electron chi connectivity index (χ0n) is 10.9. The van der Waals surface area contributed by atoms with E-state index < -0.39 is 11.5 Å². The predicted molar refractivity (Wildman–Crippen MR) is 72.1 cm³/mol. The van der Waals surface area contributed by atoms with Gasteiger partial charge < -0.3 is 10.4 Å². The van der Waals surface area contributed by atoms with Crippen molar-refractivity contribution in [3.8, 4) is 0 Å². The normalized spacial score (nSPS) is 11.3. The lowest BCUT2D eigenvalue weighted by molar-refractivity contribution is -0.138. The van der Waals surface area contributed by atoms with Crippen molar-refractivity contribution >= 4 is 23.2 Å². The SMILES string of the molecule is CCC(CC)(CC(=O)O)NC(=O)c1cscc1C. The van der Waals surface area contributed by atoms with Gasteiger partial charge >= 0.3 is 5.97 Å². The first-order valence-electron chi connectivity index (χ1n) is 6.01. The molecule has 0 aliphatic rings. The molecule has 0 aliphatic carbocycles. The minimum atomic E-state index is -0.888. The Morgan fingerprint density at radius 3 is 2.33 bits per heavy atom. The van der Waals surface area contributed by atoms with Crippen LogP contribution in [0.15, 0.2) is 10.8 Å². The van der Waals surface area contributed by atoms with Gasteiger partial charge in [0.25, 0.3) is 5.91 Å². The molecule has 18 heavy (non-hydrogen) atoms. The molecule has 0 unspecified atom stereocenters. The standard InChI is InChI=1S/C13H19NO3S/c1-4-13(5-2,6-11(15)16)14-12(17)10-8-18-7-9(10)3/h7-8H,4-6H2,1-3H3,(H,14,17)(H,15,16). The van der Waals surface area contributed by atoms with Gasteiger partial charge in [0.1, 0.15) is 0 Å². The van der Waals surface area contributed by atoms with Crippen LogP contribution >= 0.6 is 11.3 Å². The van der Waals surface area contributed by atoms with Gasteiger partial charge in [-0.15, -0.1) is 0 Å². The highest BCUT2D eigenvalue weighted by Gasteiger charge is 2.31. The molecule has 0 aromatic carbocycles. The first kappa shape index (κ1) is 14.7. The molecule has 0 bridgehead atoms. The van der Waals surface area contributed by atoms with Crippen LogP contribution in [-0.2, 0) is 4.79 Å². The molecule has 0 aliphatic heterocycles. The molecule has 2 N–H and O–H groups in total. The van der Waals surface area contributed by atoms with Gasteiger partial charge in [0.05, 0.1) is 17.5 Å². The van der Waals surface area contributed by atoms with Crippen molar-refractivity contribution in [2.45, 2.75) is 45.6 Å². The number of aryl methyl sites for hydroxylation is 1. The van der Waals surface area contributed by atoms with Crippen LogP contribution in [0.3, 0.4) is 0 Å². The van der Waals surface area contributed by atoms with E-state index in [1.54, 1.807) is 5.38 Å². The zero-order chi connectivity index (χ0) is 13.8. The summed E-state index contributed by atoms with van der Waals surface area (Å²) in [5.41, 5.74) is 0.905. The molecule has 1 amide bonds. The van der Waals surface area contributed by atoms with Crippen LogP contribution in [0.4, 0.5) is 0 Å². The Morgan fingerprint density at radius 1 is 1.33 bits per heavy atom. The van der Waals surface area contributed by atoms with Gasteiger partial charge in [-0.3, -0.25) is 9.59 Å². The summed E-state index contributed by atoms with van der Waals surface area (Å²) in [4.78, 5) is 23.1. The molecular weight excluding hydrogens is 250 g/mol. The highest BCUT2D eigenvalue weighted by atomic mass is 32.1. The van der Waals surface area contributed by atoms with E-state index >= 15 is 0 Å². The third kappa shape index (κ3) is 3.32. The average molecular weight is 269 g/mol. The van der Waals surface area contributed by atoms with E-state index in [0.29, 0.717) is 18.4 Å². The Bertz CT molecular complexity index is 435. The number of carboxylic acid groups (broad SMARTS) is 1. The molecule has 0 atom stereocenters.